The summed E-state index contributed by atoms with van der Waals surface area (Å²) in [5.74, 6) is 0. The van der Waals surface area contributed by atoms with E-state index in [1.54, 1.807) is 0 Å². The van der Waals surface area contributed by atoms with Gasteiger partial charge >= 0.3 is 0 Å². The average Bonchev–Trinajstić information content (AvgIpc) is 1.88. The van der Waals surface area contributed by atoms with E-state index in [9.17, 15) is 0 Å². The Bertz CT molecular complexity index is 173. The molecule has 0 saturated heterocycles. The summed E-state index contributed by atoms with van der Waals surface area (Å²) in [7, 11) is 0. The monoisotopic (exact) mass is 178 g/mol. The molecule has 0 aromatic carbocycles. The van der Waals surface area contributed by atoms with Crippen LogP contribution in [0, 0.1) is 0 Å². The van der Waals surface area contributed by atoms with Crippen molar-refractivity contribution in [2.45, 2.75) is 6.92 Å². The largest absolute Gasteiger partial charge is 0.273 e. The van der Waals surface area contributed by atoms with E-state index in [-0.39, 0.29) is 5.16 Å². The van der Waals surface area contributed by atoms with Gasteiger partial charge in [0.05, 0.1) is 0 Å². The maximum atomic E-state index is 5.56. The minimum atomic E-state index is 0.252. The Morgan fingerprint density at radius 2 is 2.20 bits per heavy atom. The van der Waals surface area contributed by atoms with Gasteiger partial charge in [0.1, 0.15) is 10.3 Å². The molecule has 10 heavy (non-hydrogen) atoms. The molecule has 0 aromatic rings. The van der Waals surface area contributed by atoms with Crippen LogP contribution in [0.2, 0.25) is 0 Å². The number of aliphatic imine (C=N–C) groups is 2. The van der Waals surface area contributed by atoms with Crippen molar-refractivity contribution in [2.24, 2.45) is 9.98 Å². The molecule has 0 N–H and O–H groups in total. The Morgan fingerprint density at radius 1 is 1.60 bits per heavy atom. The Balaban J connectivity index is 4.11. The van der Waals surface area contributed by atoms with Crippen LogP contribution in [-0.4, -0.2) is 18.4 Å². The van der Waals surface area contributed by atoms with Crippen LogP contribution in [-0.2, 0) is 0 Å². The number of allylic oxidation sites excluding steroid dienone is 1. The normalized spacial score (nSPS) is 13.5. The first-order valence-electron chi connectivity index (χ1n) is 2.74. The molecule has 0 bridgehead atoms. The summed E-state index contributed by atoms with van der Waals surface area (Å²) in [6.07, 6.45) is 1.44. The van der Waals surface area contributed by atoms with Gasteiger partial charge in [0.25, 0.3) is 0 Å². The Morgan fingerprint density at radius 3 is 2.60 bits per heavy atom. The zero-order valence-corrected chi connectivity index (χ0v) is 7.15. The number of halogens is 2. The summed E-state index contributed by atoms with van der Waals surface area (Å²) in [4.78, 5) is 7.27. The van der Waals surface area contributed by atoms with Crippen molar-refractivity contribution in [1.29, 1.82) is 0 Å². The molecular weight excluding hydrogens is 171 g/mol. The van der Waals surface area contributed by atoms with Crippen LogP contribution in [0.25, 0.3) is 0 Å². The Labute approximate surface area is 70.3 Å². The highest BCUT2D eigenvalue weighted by Crippen LogP contribution is 2.03. The lowest BCUT2D eigenvalue weighted by molar-refractivity contribution is 1.14. The van der Waals surface area contributed by atoms with Crippen LogP contribution in [0.1, 0.15) is 6.92 Å². The lowest BCUT2D eigenvalue weighted by Gasteiger charge is -1.87. The maximum Gasteiger partial charge on any atom is 0.131 e. The Kier molecular flexibility index (Phi) is 5.26. The maximum absolute atomic E-state index is 5.56. The van der Waals surface area contributed by atoms with Gasteiger partial charge in [-0.1, -0.05) is 23.2 Å². The molecule has 0 aliphatic carbocycles. The second kappa shape index (κ2) is 5.45. The predicted molar refractivity (Wildman–Crippen MR) is 47.3 cm³/mol. The fourth-order valence-electron chi connectivity index (χ4n) is 0.341. The van der Waals surface area contributed by atoms with E-state index in [2.05, 4.69) is 16.7 Å². The molecule has 0 aromatic heterocycles. The summed E-state index contributed by atoms with van der Waals surface area (Å²) < 4.78 is 0. The third kappa shape index (κ3) is 4.53. The molecule has 0 amide bonds. The minimum absolute atomic E-state index is 0.252. The van der Waals surface area contributed by atoms with Crippen molar-refractivity contribution in [3.8, 4) is 0 Å². The van der Waals surface area contributed by atoms with Crippen LogP contribution in [0.4, 0.5) is 0 Å². The zero-order chi connectivity index (χ0) is 7.98. The molecule has 0 saturated carbocycles. The smallest absolute Gasteiger partial charge is 0.131 e. The molecule has 2 nitrogen and oxygen atoms in total. The van der Waals surface area contributed by atoms with Crippen molar-refractivity contribution < 1.29 is 0 Å². The summed E-state index contributed by atoms with van der Waals surface area (Å²) in [5.41, 5.74) is 0. The highest BCUT2D eigenvalue weighted by molar-refractivity contribution is 6.69. The number of hydrogen-bond acceptors (Lipinski definition) is 2. The van der Waals surface area contributed by atoms with Crippen molar-refractivity contribution in [3.63, 3.8) is 0 Å². The molecule has 0 rings (SSSR count). The number of hydrogen-bond donors (Lipinski definition) is 0. The van der Waals surface area contributed by atoms with Crippen molar-refractivity contribution in [2.75, 3.05) is 6.54 Å². The fourth-order valence-corrected chi connectivity index (χ4v) is 0.723. The lowest BCUT2D eigenvalue weighted by atomic mass is 10.6. The minimum Gasteiger partial charge on any atom is -0.273 e. The van der Waals surface area contributed by atoms with Crippen LogP contribution < -0.4 is 0 Å². The van der Waals surface area contributed by atoms with E-state index < -0.39 is 0 Å². The molecule has 56 valence electrons. The molecule has 0 aliphatic rings. The molecule has 0 fully saturated rings. The van der Waals surface area contributed by atoms with E-state index >= 15 is 0 Å². The summed E-state index contributed by atoms with van der Waals surface area (Å²) in [6.45, 7) is 5.73. The van der Waals surface area contributed by atoms with Gasteiger partial charge < -0.3 is 0 Å². The predicted octanol–water partition coefficient (Wildman–Crippen LogP) is 2.42. The van der Waals surface area contributed by atoms with Gasteiger partial charge in [-0.25, -0.2) is 0 Å². The van der Waals surface area contributed by atoms with Crippen LogP contribution in [0.15, 0.2) is 21.2 Å². The van der Waals surface area contributed by atoms with Gasteiger partial charge in [-0.3, -0.25) is 9.98 Å². The first kappa shape index (κ1) is 9.66. The molecule has 0 aliphatic heterocycles. The number of nitrogens with zero attached hydrogens (tertiary/aromatic N) is 2. The van der Waals surface area contributed by atoms with Crippen molar-refractivity contribution in [3.05, 3.63) is 11.2 Å². The van der Waals surface area contributed by atoms with Gasteiger partial charge in [0, 0.05) is 12.6 Å². The highest BCUT2D eigenvalue weighted by Gasteiger charge is 1.88. The van der Waals surface area contributed by atoms with E-state index in [4.69, 9.17) is 23.2 Å². The fraction of sp³-hybridized carbons (Fsp3) is 0.333. The molecule has 4 heteroatoms. The highest BCUT2D eigenvalue weighted by atomic mass is 35.5. The molecule has 0 spiro atoms. The van der Waals surface area contributed by atoms with Gasteiger partial charge in [-0.05, 0) is 13.6 Å². The first-order valence-corrected chi connectivity index (χ1v) is 3.50. The van der Waals surface area contributed by atoms with Gasteiger partial charge in [0.2, 0.25) is 0 Å². The van der Waals surface area contributed by atoms with Crippen LogP contribution in [0.5, 0.6) is 0 Å². The SMILES string of the molecule is C=N/C(Cl)=C\C(Cl)=N/CC. The Hall–Kier alpha value is -0.340. The van der Waals surface area contributed by atoms with E-state index in [1.165, 1.54) is 6.08 Å². The summed E-state index contributed by atoms with van der Waals surface area (Å²) in [6, 6.07) is 0. The third-order valence-electron chi connectivity index (χ3n) is 0.698. The molecule has 0 radical (unpaired) electrons. The summed E-state index contributed by atoms with van der Waals surface area (Å²) >= 11 is 11.0. The van der Waals surface area contributed by atoms with Crippen LogP contribution >= 0.6 is 23.2 Å². The van der Waals surface area contributed by atoms with Crippen molar-refractivity contribution in [1.82, 2.24) is 0 Å². The quantitative estimate of drug-likeness (QED) is 0.469. The van der Waals surface area contributed by atoms with Gasteiger partial charge in [0.15, 0.2) is 0 Å². The second-order valence-electron chi connectivity index (χ2n) is 1.42. The zero-order valence-electron chi connectivity index (χ0n) is 5.64. The van der Waals surface area contributed by atoms with E-state index in [1.807, 2.05) is 6.92 Å². The average molecular weight is 179 g/mol. The van der Waals surface area contributed by atoms with E-state index in [0.29, 0.717) is 11.7 Å². The third-order valence-corrected chi connectivity index (χ3v) is 1.16. The second-order valence-corrected chi connectivity index (χ2v) is 2.20. The molecular formula is C6H8Cl2N2. The summed E-state index contributed by atoms with van der Waals surface area (Å²) in [5, 5.41) is 0.599. The van der Waals surface area contributed by atoms with E-state index in [0.717, 1.165) is 0 Å². The van der Waals surface area contributed by atoms with Crippen molar-refractivity contribution >= 4 is 35.1 Å². The van der Waals surface area contributed by atoms with Gasteiger partial charge in [-0.2, -0.15) is 0 Å². The number of rotatable bonds is 3. The lowest BCUT2D eigenvalue weighted by Crippen LogP contribution is -1.82. The van der Waals surface area contributed by atoms with Crippen LogP contribution in [0.3, 0.4) is 0 Å². The molecule has 0 unspecified atom stereocenters. The first-order chi connectivity index (χ1) is 4.70. The molecule has 0 heterocycles. The standard InChI is InChI=1S/C6H8Cl2N2/c1-3-10-6(8)4-5(7)9-2/h4H,2-3H2,1H3/b5-4-,10-6+. The van der Waals surface area contributed by atoms with Gasteiger partial charge in [-0.15, -0.1) is 0 Å². The molecule has 0 atom stereocenters. The topological polar surface area (TPSA) is 24.7 Å².